The molecule has 3 rings (SSSR count). The van der Waals surface area contributed by atoms with Crippen LogP contribution in [0, 0.1) is 0 Å². The summed E-state index contributed by atoms with van der Waals surface area (Å²) in [5, 5.41) is 0.609. The first kappa shape index (κ1) is 16.5. The Morgan fingerprint density at radius 3 is 2.42 bits per heavy atom. The molecule has 0 fully saturated rings. The predicted molar refractivity (Wildman–Crippen MR) is 97.2 cm³/mol. The highest BCUT2D eigenvalue weighted by Crippen LogP contribution is 2.24. The minimum absolute atomic E-state index is 0.0737. The molecule has 2 aromatic rings. The number of hydrogen-bond acceptors (Lipinski definition) is 3. The van der Waals surface area contributed by atoms with Crippen molar-refractivity contribution in [3.63, 3.8) is 0 Å². The third-order valence-corrected chi connectivity index (χ3v) is 4.01. The van der Waals surface area contributed by atoms with E-state index in [1.165, 1.54) is 5.56 Å². The number of halogens is 1. The van der Waals surface area contributed by atoms with Crippen LogP contribution in [0.2, 0.25) is 5.02 Å². The molecular formula is C20H18ClNO2. The van der Waals surface area contributed by atoms with Crippen molar-refractivity contribution in [2.24, 2.45) is 4.99 Å². The van der Waals surface area contributed by atoms with Crippen molar-refractivity contribution >= 4 is 29.5 Å². The lowest BCUT2D eigenvalue weighted by Crippen LogP contribution is -2.11. The molecule has 122 valence electrons. The summed E-state index contributed by atoms with van der Waals surface area (Å²) < 4.78 is 5.30. The molecule has 0 bridgehead atoms. The van der Waals surface area contributed by atoms with Gasteiger partial charge in [-0.05, 0) is 46.9 Å². The molecule has 0 unspecified atom stereocenters. The van der Waals surface area contributed by atoms with Gasteiger partial charge in [0.15, 0.2) is 5.70 Å². The van der Waals surface area contributed by atoms with E-state index in [9.17, 15) is 4.79 Å². The van der Waals surface area contributed by atoms with Gasteiger partial charge in [-0.15, -0.1) is 0 Å². The summed E-state index contributed by atoms with van der Waals surface area (Å²) in [6.07, 6.45) is 1.67. The van der Waals surface area contributed by atoms with E-state index < -0.39 is 5.97 Å². The minimum atomic E-state index is -0.454. The first-order valence-electron chi connectivity index (χ1n) is 7.72. The number of hydrogen-bond donors (Lipinski definition) is 0. The number of aliphatic imine (C=N–C) groups is 1. The standard InChI is InChI=1S/C20H18ClNO2/c1-20(2,3)15-9-7-14(8-10-15)18-22-17(19(23)24-18)12-13-5-4-6-16(21)11-13/h4-12H,1-3H3. The van der Waals surface area contributed by atoms with Gasteiger partial charge in [-0.3, -0.25) is 0 Å². The normalized spacial score (nSPS) is 16.2. The summed E-state index contributed by atoms with van der Waals surface area (Å²) >= 11 is 5.96. The van der Waals surface area contributed by atoms with E-state index in [4.69, 9.17) is 16.3 Å². The fourth-order valence-corrected chi connectivity index (χ4v) is 2.60. The zero-order valence-corrected chi connectivity index (χ0v) is 14.6. The molecule has 0 spiro atoms. The van der Waals surface area contributed by atoms with Crippen LogP contribution in [0.3, 0.4) is 0 Å². The molecule has 3 nitrogen and oxygen atoms in total. The summed E-state index contributed by atoms with van der Waals surface area (Å²) in [6.45, 7) is 6.46. The number of esters is 1. The Kier molecular flexibility index (Phi) is 4.29. The van der Waals surface area contributed by atoms with Crippen LogP contribution >= 0.6 is 11.6 Å². The van der Waals surface area contributed by atoms with Crippen molar-refractivity contribution in [2.75, 3.05) is 0 Å². The third-order valence-electron chi connectivity index (χ3n) is 3.77. The maximum Gasteiger partial charge on any atom is 0.363 e. The van der Waals surface area contributed by atoms with E-state index in [1.807, 2.05) is 36.4 Å². The Morgan fingerprint density at radius 2 is 1.79 bits per heavy atom. The topological polar surface area (TPSA) is 38.7 Å². The van der Waals surface area contributed by atoms with Gasteiger partial charge in [0.2, 0.25) is 5.90 Å². The second-order valence-electron chi connectivity index (χ2n) is 6.72. The molecule has 0 aromatic heterocycles. The Morgan fingerprint density at radius 1 is 1.08 bits per heavy atom. The molecule has 2 aromatic carbocycles. The lowest BCUT2D eigenvalue weighted by molar-refractivity contribution is -0.129. The zero-order chi connectivity index (χ0) is 17.3. The lowest BCUT2D eigenvalue weighted by atomic mass is 9.87. The molecular weight excluding hydrogens is 322 g/mol. The number of nitrogens with zero attached hydrogens (tertiary/aromatic N) is 1. The van der Waals surface area contributed by atoms with Crippen LogP contribution < -0.4 is 0 Å². The molecule has 0 aliphatic carbocycles. The highest BCUT2D eigenvalue weighted by Gasteiger charge is 2.24. The molecule has 1 aliphatic heterocycles. The summed E-state index contributed by atoms with van der Waals surface area (Å²) in [5.41, 5.74) is 3.15. The van der Waals surface area contributed by atoms with E-state index in [-0.39, 0.29) is 11.1 Å². The smallest absolute Gasteiger partial charge is 0.363 e. The number of carbonyl (C=O) groups excluding carboxylic acids is 1. The van der Waals surface area contributed by atoms with Crippen LogP contribution in [0.1, 0.15) is 37.5 Å². The maximum atomic E-state index is 12.0. The number of ether oxygens (including phenoxy) is 1. The van der Waals surface area contributed by atoms with Gasteiger partial charge in [0, 0.05) is 10.6 Å². The lowest BCUT2D eigenvalue weighted by Gasteiger charge is -2.18. The predicted octanol–water partition coefficient (Wildman–Crippen LogP) is 4.98. The molecule has 1 heterocycles. The van der Waals surface area contributed by atoms with E-state index in [2.05, 4.69) is 25.8 Å². The summed E-state index contributed by atoms with van der Waals surface area (Å²) in [6, 6.07) is 15.1. The van der Waals surface area contributed by atoms with Gasteiger partial charge in [0.05, 0.1) is 0 Å². The van der Waals surface area contributed by atoms with Gasteiger partial charge in [0.25, 0.3) is 0 Å². The summed E-state index contributed by atoms with van der Waals surface area (Å²) in [4.78, 5) is 16.4. The fourth-order valence-electron chi connectivity index (χ4n) is 2.40. The van der Waals surface area contributed by atoms with Gasteiger partial charge >= 0.3 is 5.97 Å². The molecule has 0 radical (unpaired) electrons. The monoisotopic (exact) mass is 339 g/mol. The first-order chi connectivity index (χ1) is 11.3. The van der Waals surface area contributed by atoms with Gasteiger partial charge in [-0.2, -0.15) is 0 Å². The van der Waals surface area contributed by atoms with Crippen molar-refractivity contribution < 1.29 is 9.53 Å². The van der Waals surface area contributed by atoms with Crippen LogP contribution in [0.25, 0.3) is 6.08 Å². The van der Waals surface area contributed by atoms with Crippen molar-refractivity contribution in [2.45, 2.75) is 26.2 Å². The molecule has 0 amide bonds. The maximum absolute atomic E-state index is 12.0. The highest BCUT2D eigenvalue weighted by atomic mass is 35.5. The van der Waals surface area contributed by atoms with Crippen LogP contribution in [-0.4, -0.2) is 11.9 Å². The molecule has 0 N–H and O–H groups in total. The Balaban J connectivity index is 1.89. The van der Waals surface area contributed by atoms with Gasteiger partial charge in [-0.25, -0.2) is 9.79 Å². The van der Waals surface area contributed by atoms with Crippen molar-refractivity contribution in [3.8, 4) is 0 Å². The second kappa shape index (κ2) is 6.25. The number of rotatable bonds is 2. The summed E-state index contributed by atoms with van der Waals surface area (Å²) in [5.74, 6) is -0.126. The Labute approximate surface area is 146 Å². The average Bonchev–Trinajstić information content (AvgIpc) is 2.88. The van der Waals surface area contributed by atoms with Crippen molar-refractivity contribution in [1.82, 2.24) is 0 Å². The van der Waals surface area contributed by atoms with E-state index >= 15 is 0 Å². The van der Waals surface area contributed by atoms with Crippen LogP contribution in [-0.2, 0) is 14.9 Å². The second-order valence-corrected chi connectivity index (χ2v) is 7.15. The molecule has 0 saturated heterocycles. The Bertz CT molecular complexity index is 843. The van der Waals surface area contributed by atoms with E-state index in [0.29, 0.717) is 10.9 Å². The number of carbonyl (C=O) groups is 1. The largest absolute Gasteiger partial charge is 0.402 e. The molecule has 24 heavy (non-hydrogen) atoms. The highest BCUT2D eigenvalue weighted by molar-refractivity contribution is 6.30. The number of benzene rings is 2. The van der Waals surface area contributed by atoms with Crippen molar-refractivity contribution in [3.05, 3.63) is 75.9 Å². The average molecular weight is 340 g/mol. The molecule has 4 heteroatoms. The van der Waals surface area contributed by atoms with Gasteiger partial charge in [0.1, 0.15) is 0 Å². The van der Waals surface area contributed by atoms with Crippen LogP contribution in [0.4, 0.5) is 0 Å². The zero-order valence-electron chi connectivity index (χ0n) is 13.8. The van der Waals surface area contributed by atoms with Gasteiger partial charge < -0.3 is 4.74 Å². The molecule has 0 atom stereocenters. The van der Waals surface area contributed by atoms with Crippen LogP contribution in [0.5, 0.6) is 0 Å². The SMILES string of the molecule is CC(C)(C)c1ccc(C2=NC(=Cc3cccc(Cl)c3)C(=O)O2)cc1. The van der Waals surface area contributed by atoms with E-state index in [0.717, 1.165) is 11.1 Å². The van der Waals surface area contributed by atoms with Crippen molar-refractivity contribution in [1.29, 1.82) is 0 Å². The first-order valence-corrected chi connectivity index (χ1v) is 8.10. The fraction of sp³-hybridized carbons (Fsp3) is 0.200. The molecule has 0 saturated carbocycles. The summed E-state index contributed by atoms with van der Waals surface area (Å²) in [7, 11) is 0. The molecule has 1 aliphatic rings. The third kappa shape index (κ3) is 3.57. The quantitative estimate of drug-likeness (QED) is 0.571. The van der Waals surface area contributed by atoms with Crippen LogP contribution in [0.15, 0.2) is 59.2 Å². The minimum Gasteiger partial charge on any atom is -0.402 e. The van der Waals surface area contributed by atoms with Gasteiger partial charge in [-0.1, -0.05) is 56.6 Å². The number of cyclic esters (lactones) is 1. The van der Waals surface area contributed by atoms with E-state index in [1.54, 1.807) is 18.2 Å². The Hall–Kier alpha value is -2.39.